The third kappa shape index (κ3) is 2.16. The van der Waals surface area contributed by atoms with Crippen LogP contribution < -0.4 is 5.73 Å². The van der Waals surface area contributed by atoms with Crippen molar-refractivity contribution in [2.75, 3.05) is 0 Å². The molecule has 0 amide bonds. The van der Waals surface area contributed by atoms with Crippen LogP contribution in [-0.2, 0) is 12.5 Å². The van der Waals surface area contributed by atoms with Crippen molar-refractivity contribution in [1.82, 2.24) is 9.78 Å². The maximum Gasteiger partial charge on any atom is 0.123 e. The zero-order chi connectivity index (χ0) is 13.3. The summed E-state index contributed by atoms with van der Waals surface area (Å²) in [6.45, 7) is 4.11. The molecule has 2 rings (SSSR count). The minimum Gasteiger partial charge on any atom is -0.322 e. The molecule has 96 valence electrons. The summed E-state index contributed by atoms with van der Waals surface area (Å²) >= 11 is 0. The van der Waals surface area contributed by atoms with Crippen molar-refractivity contribution in [3.05, 3.63) is 53.6 Å². The van der Waals surface area contributed by atoms with E-state index in [1.165, 1.54) is 12.1 Å². The van der Waals surface area contributed by atoms with Crippen LogP contribution in [0.15, 0.2) is 36.5 Å². The minimum atomic E-state index is -0.290. The maximum atomic E-state index is 13.0. The van der Waals surface area contributed by atoms with Crippen molar-refractivity contribution in [3.8, 4) is 0 Å². The van der Waals surface area contributed by atoms with Gasteiger partial charge in [0.25, 0.3) is 0 Å². The largest absolute Gasteiger partial charge is 0.322 e. The summed E-state index contributed by atoms with van der Waals surface area (Å²) in [5, 5.41) is 4.14. The van der Waals surface area contributed by atoms with Crippen LogP contribution >= 0.6 is 0 Å². The molecule has 0 bridgehead atoms. The molecule has 1 atom stereocenters. The van der Waals surface area contributed by atoms with E-state index in [9.17, 15) is 4.39 Å². The van der Waals surface area contributed by atoms with E-state index >= 15 is 0 Å². The second kappa shape index (κ2) is 4.53. The quantitative estimate of drug-likeness (QED) is 0.905. The van der Waals surface area contributed by atoms with Gasteiger partial charge in [-0.05, 0) is 23.8 Å². The number of benzene rings is 1. The zero-order valence-electron chi connectivity index (χ0n) is 10.9. The fourth-order valence-corrected chi connectivity index (χ4v) is 2.12. The number of aromatic nitrogens is 2. The highest BCUT2D eigenvalue weighted by Crippen LogP contribution is 2.34. The van der Waals surface area contributed by atoms with Gasteiger partial charge < -0.3 is 5.73 Å². The molecule has 2 N–H and O–H groups in total. The minimum absolute atomic E-state index is 0.199. The van der Waals surface area contributed by atoms with Crippen molar-refractivity contribution < 1.29 is 4.39 Å². The lowest BCUT2D eigenvalue weighted by Gasteiger charge is -2.32. The monoisotopic (exact) mass is 247 g/mol. The smallest absolute Gasteiger partial charge is 0.123 e. The number of nitrogens with zero attached hydrogens (tertiary/aromatic N) is 2. The fraction of sp³-hybridized carbons (Fsp3) is 0.357. The summed E-state index contributed by atoms with van der Waals surface area (Å²) in [5.74, 6) is -0.233. The normalized spacial score (nSPS) is 13.6. The van der Waals surface area contributed by atoms with Crippen LogP contribution in [0.3, 0.4) is 0 Å². The molecule has 0 fully saturated rings. The Morgan fingerprint density at radius 1 is 1.22 bits per heavy atom. The molecular weight excluding hydrogens is 229 g/mol. The molecule has 1 aromatic carbocycles. The highest BCUT2D eigenvalue weighted by Gasteiger charge is 2.31. The van der Waals surface area contributed by atoms with Gasteiger partial charge in [0, 0.05) is 18.7 Å². The maximum absolute atomic E-state index is 13.0. The van der Waals surface area contributed by atoms with Crippen LogP contribution in [0.1, 0.15) is 31.1 Å². The predicted octanol–water partition coefficient (Wildman–Crippen LogP) is 2.54. The lowest BCUT2D eigenvalue weighted by molar-refractivity contribution is 0.400. The molecule has 0 radical (unpaired) electrons. The summed E-state index contributed by atoms with van der Waals surface area (Å²) in [6.07, 6.45) is 1.73. The number of hydrogen-bond donors (Lipinski definition) is 1. The first-order valence-corrected chi connectivity index (χ1v) is 5.92. The standard InChI is InChI=1S/C14H18FN3/c1-14(2,10-4-6-11(15)7-5-10)13(16)12-8-9-17-18(12)3/h4-9,13H,16H2,1-3H3. The van der Waals surface area contributed by atoms with Gasteiger partial charge in [-0.1, -0.05) is 26.0 Å². The van der Waals surface area contributed by atoms with E-state index in [1.54, 1.807) is 23.0 Å². The lowest BCUT2D eigenvalue weighted by atomic mass is 9.77. The highest BCUT2D eigenvalue weighted by atomic mass is 19.1. The lowest BCUT2D eigenvalue weighted by Crippen LogP contribution is -2.34. The summed E-state index contributed by atoms with van der Waals surface area (Å²) in [7, 11) is 1.87. The molecule has 0 saturated carbocycles. The third-order valence-corrected chi connectivity index (χ3v) is 3.54. The van der Waals surface area contributed by atoms with E-state index in [-0.39, 0.29) is 17.3 Å². The molecule has 1 heterocycles. The molecule has 0 aliphatic heterocycles. The molecule has 4 heteroatoms. The van der Waals surface area contributed by atoms with Gasteiger partial charge in [-0.25, -0.2) is 4.39 Å². The predicted molar refractivity (Wildman–Crippen MR) is 69.6 cm³/mol. The summed E-state index contributed by atoms with van der Waals surface area (Å²) in [4.78, 5) is 0. The van der Waals surface area contributed by atoms with Crippen molar-refractivity contribution >= 4 is 0 Å². The molecule has 0 aliphatic carbocycles. The first-order valence-electron chi connectivity index (χ1n) is 5.92. The van der Waals surface area contributed by atoms with Crippen molar-refractivity contribution in [2.45, 2.75) is 25.3 Å². The second-order valence-corrected chi connectivity index (χ2v) is 5.09. The summed E-state index contributed by atoms with van der Waals surface area (Å²) in [6, 6.07) is 8.21. The van der Waals surface area contributed by atoms with E-state index in [4.69, 9.17) is 5.73 Å². The van der Waals surface area contributed by atoms with Crippen LogP contribution in [0.25, 0.3) is 0 Å². The molecule has 0 spiro atoms. The van der Waals surface area contributed by atoms with Crippen molar-refractivity contribution in [1.29, 1.82) is 0 Å². The number of aryl methyl sites for hydroxylation is 1. The van der Waals surface area contributed by atoms with Crippen LogP contribution in [-0.4, -0.2) is 9.78 Å². The molecule has 0 saturated heterocycles. The summed E-state index contributed by atoms with van der Waals surface area (Å²) < 4.78 is 14.7. The Bertz CT molecular complexity index is 528. The van der Waals surface area contributed by atoms with E-state index in [0.717, 1.165) is 11.3 Å². The van der Waals surface area contributed by atoms with E-state index in [0.29, 0.717) is 0 Å². The van der Waals surface area contributed by atoms with Gasteiger partial charge >= 0.3 is 0 Å². The van der Waals surface area contributed by atoms with Gasteiger partial charge in [0.05, 0.1) is 11.7 Å². The van der Waals surface area contributed by atoms with Crippen LogP contribution in [0.4, 0.5) is 4.39 Å². The van der Waals surface area contributed by atoms with Crippen molar-refractivity contribution in [2.24, 2.45) is 12.8 Å². The van der Waals surface area contributed by atoms with Crippen LogP contribution in [0.5, 0.6) is 0 Å². The topological polar surface area (TPSA) is 43.8 Å². The SMILES string of the molecule is Cn1nccc1C(N)C(C)(C)c1ccc(F)cc1. The Labute approximate surface area is 106 Å². The average Bonchev–Trinajstić information content (AvgIpc) is 2.75. The van der Waals surface area contributed by atoms with Gasteiger partial charge in [-0.3, -0.25) is 4.68 Å². The Kier molecular flexibility index (Phi) is 3.22. The fourth-order valence-electron chi connectivity index (χ4n) is 2.12. The van der Waals surface area contributed by atoms with Gasteiger partial charge in [0.1, 0.15) is 5.82 Å². The number of halogens is 1. The first-order chi connectivity index (χ1) is 8.43. The zero-order valence-corrected chi connectivity index (χ0v) is 10.9. The molecular formula is C14H18FN3. The molecule has 3 nitrogen and oxygen atoms in total. The van der Waals surface area contributed by atoms with Gasteiger partial charge in [0.2, 0.25) is 0 Å². The third-order valence-electron chi connectivity index (χ3n) is 3.54. The Hall–Kier alpha value is -1.68. The number of hydrogen-bond acceptors (Lipinski definition) is 2. The van der Waals surface area contributed by atoms with Crippen LogP contribution in [0.2, 0.25) is 0 Å². The molecule has 2 aromatic rings. The Morgan fingerprint density at radius 3 is 2.33 bits per heavy atom. The van der Waals surface area contributed by atoms with Crippen LogP contribution in [0, 0.1) is 5.82 Å². The van der Waals surface area contributed by atoms with E-state index < -0.39 is 0 Å². The average molecular weight is 247 g/mol. The van der Waals surface area contributed by atoms with Gasteiger partial charge in [0.15, 0.2) is 0 Å². The molecule has 1 unspecified atom stereocenters. The molecule has 1 aromatic heterocycles. The first kappa shape index (κ1) is 12.8. The summed E-state index contributed by atoms with van der Waals surface area (Å²) in [5.41, 5.74) is 8.02. The van der Waals surface area contributed by atoms with Gasteiger partial charge in [-0.2, -0.15) is 5.10 Å². The molecule has 18 heavy (non-hydrogen) atoms. The second-order valence-electron chi connectivity index (χ2n) is 5.09. The van der Waals surface area contributed by atoms with Crippen molar-refractivity contribution in [3.63, 3.8) is 0 Å². The molecule has 0 aliphatic rings. The number of rotatable bonds is 3. The number of nitrogens with two attached hydrogens (primary N) is 1. The van der Waals surface area contributed by atoms with Gasteiger partial charge in [-0.15, -0.1) is 0 Å². The Morgan fingerprint density at radius 2 is 1.83 bits per heavy atom. The Balaban J connectivity index is 2.36. The highest BCUT2D eigenvalue weighted by molar-refractivity contribution is 5.29. The van der Waals surface area contributed by atoms with E-state index in [2.05, 4.69) is 18.9 Å². The van der Waals surface area contributed by atoms with E-state index in [1.807, 2.05) is 13.1 Å².